The average molecular weight is 405 g/mol. The summed E-state index contributed by atoms with van der Waals surface area (Å²) in [6.45, 7) is 0.764. The number of benzene rings is 2. The fraction of sp³-hybridized carbons (Fsp3) is 0.263. The summed E-state index contributed by atoms with van der Waals surface area (Å²) < 4.78 is 40.4. The molecule has 1 heterocycles. The number of hydrogen-bond acceptors (Lipinski definition) is 7. The van der Waals surface area contributed by atoms with E-state index < -0.39 is 21.7 Å². The summed E-state index contributed by atoms with van der Waals surface area (Å²) in [5, 5.41) is 2.58. The van der Waals surface area contributed by atoms with Crippen LogP contribution in [0.2, 0.25) is 0 Å². The smallest absolute Gasteiger partial charge is 0.337 e. The normalized spacial score (nSPS) is 12.9. The summed E-state index contributed by atoms with van der Waals surface area (Å²) in [6, 6.07) is 10.6. The molecular weight excluding hydrogens is 386 g/mol. The van der Waals surface area contributed by atoms with Crippen LogP contribution in [-0.2, 0) is 19.4 Å². The van der Waals surface area contributed by atoms with E-state index in [2.05, 4.69) is 10.1 Å². The third-order valence-corrected chi connectivity index (χ3v) is 5.75. The van der Waals surface area contributed by atoms with Crippen LogP contribution in [-0.4, -0.2) is 46.4 Å². The largest absolute Gasteiger partial charge is 0.486 e. The van der Waals surface area contributed by atoms with Crippen LogP contribution in [0.25, 0.3) is 0 Å². The highest BCUT2D eigenvalue weighted by Gasteiger charge is 2.20. The van der Waals surface area contributed by atoms with Gasteiger partial charge in [0.15, 0.2) is 21.3 Å². The van der Waals surface area contributed by atoms with Crippen molar-refractivity contribution in [1.29, 1.82) is 0 Å². The Balaban J connectivity index is 1.63. The topological polar surface area (TPSA) is 108 Å². The minimum Gasteiger partial charge on any atom is -0.486 e. The molecule has 0 spiro atoms. The number of rotatable bonds is 6. The van der Waals surface area contributed by atoms with E-state index in [0.29, 0.717) is 30.4 Å². The lowest BCUT2D eigenvalue weighted by Crippen LogP contribution is -2.18. The average Bonchev–Trinajstić information content (AvgIpc) is 2.71. The van der Waals surface area contributed by atoms with Crippen LogP contribution in [0.1, 0.15) is 16.8 Å². The lowest BCUT2D eigenvalue weighted by Gasteiger charge is -2.18. The molecule has 0 unspecified atom stereocenters. The van der Waals surface area contributed by atoms with Gasteiger partial charge in [-0.25, -0.2) is 13.2 Å². The molecule has 0 fully saturated rings. The Hall–Kier alpha value is -3.07. The number of sulfone groups is 1. The molecule has 1 aliphatic rings. The highest BCUT2D eigenvalue weighted by molar-refractivity contribution is 7.91. The standard InChI is InChI=1S/C19H19NO7S/c1-25-19(22)13-3-2-4-14(11-13)20-18(21)7-10-28(23,24)15-5-6-16-17(12-15)27-9-8-26-16/h2-6,11-12H,7-10H2,1H3,(H,20,21). The maximum absolute atomic E-state index is 12.5. The molecule has 28 heavy (non-hydrogen) atoms. The Morgan fingerprint density at radius 1 is 1.07 bits per heavy atom. The first-order chi connectivity index (χ1) is 13.4. The van der Waals surface area contributed by atoms with E-state index in [9.17, 15) is 18.0 Å². The molecule has 0 atom stereocenters. The molecule has 0 saturated heterocycles. The van der Waals surface area contributed by atoms with Crippen molar-refractivity contribution in [3.05, 3.63) is 48.0 Å². The van der Waals surface area contributed by atoms with Crippen LogP contribution in [0.15, 0.2) is 47.4 Å². The van der Waals surface area contributed by atoms with Crippen LogP contribution in [0, 0.1) is 0 Å². The first kappa shape index (κ1) is 19.7. The summed E-state index contributed by atoms with van der Waals surface area (Å²) in [6.07, 6.45) is -0.237. The molecule has 148 valence electrons. The second-order valence-electron chi connectivity index (χ2n) is 5.99. The van der Waals surface area contributed by atoms with Gasteiger partial charge in [0.05, 0.1) is 23.3 Å². The van der Waals surface area contributed by atoms with E-state index in [0.717, 1.165) is 0 Å². The summed E-state index contributed by atoms with van der Waals surface area (Å²) in [4.78, 5) is 23.7. The zero-order chi connectivity index (χ0) is 20.1. The third-order valence-electron chi connectivity index (χ3n) is 4.04. The number of esters is 1. The van der Waals surface area contributed by atoms with E-state index in [1.54, 1.807) is 24.3 Å². The van der Waals surface area contributed by atoms with E-state index in [-0.39, 0.29) is 22.6 Å². The van der Waals surface area contributed by atoms with Gasteiger partial charge in [-0.05, 0) is 30.3 Å². The van der Waals surface area contributed by atoms with Gasteiger partial charge in [-0.2, -0.15) is 0 Å². The number of hydrogen-bond donors (Lipinski definition) is 1. The quantitative estimate of drug-likeness (QED) is 0.733. The second-order valence-corrected chi connectivity index (χ2v) is 8.10. The van der Waals surface area contributed by atoms with Gasteiger partial charge in [0.2, 0.25) is 5.91 Å². The maximum Gasteiger partial charge on any atom is 0.337 e. The molecule has 0 aliphatic carbocycles. The molecule has 0 radical (unpaired) electrons. The van der Waals surface area contributed by atoms with Crippen molar-refractivity contribution in [2.45, 2.75) is 11.3 Å². The van der Waals surface area contributed by atoms with Crippen LogP contribution in [0.5, 0.6) is 11.5 Å². The molecule has 1 N–H and O–H groups in total. The minimum absolute atomic E-state index is 0.0669. The molecular formula is C19H19NO7S. The summed E-state index contributed by atoms with van der Waals surface area (Å²) in [7, 11) is -2.42. The lowest BCUT2D eigenvalue weighted by molar-refractivity contribution is -0.115. The Kier molecular flexibility index (Phi) is 5.84. The van der Waals surface area contributed by atoms with Gasteiger partial charge < -0.3 is 19.5 Å². The number of carbonyl (C=O) groups excluding carboxylic acids is 2. The van der Waals surface area contributed by atoms with E-state index >= 15 is 0 Å². The summed E-state index contributed by atoms with van der Waals surface area (Å²) in [5.41, 5.74) is 0.661. The predicted octanol–water partition coefficient (Wildman–Crippen LogP) is 2.05. The zero-order valence-electron chi connectivity index (χ0n) is 15.1. The number of carbonyl (C=O) groups is 2. The third kappa shape index (κ3) is 4.61. The van der Waals surface area contributed by atoms with Gasteiger partial charge in [0.25, 0.3) is 0 Å². The maximum atomic E-state index is 12.5. The highest BCUT2D eigenvalue weighted by Crippen LogP contribution is 2.32. The van der Waals surface area contributed by atoms with Gasteiger partial charge in [-0.1, -0.05) is 6.07 Å². The van der Waals surface area contributed by atoms with Gasteiger partial charge >= 0.3 is 5.97 Å². The molecule has 0 bridgehead atoms. The molecule has 1 aliphatic heterocycles. The molecule has 0 aromatic heterocycles. The van der Waals surface area contributed by atoms with Gasteiger partial charge in [0.1, 0.15) is 13.2 Å². The fourth-order valence-electron chi connectivity index (χ4n) is 2.63. The van der Waals surface area contributed by atoms with Crippen molar-refractivity contribution in [2.24, 2.45) is 0 Å². The van der Waals surface area contributed by atoms with Crippen LogP contribution in [0.4, 0.5) is 5.69 Å². The molecule has 2 aromatic carbocycles. The first-order valence-electron chi connectivity index (χ1n) is 8.50. The van der Waals surface area contributed by atoms with Crippen molar-refractivity contribution in [3.8, 4) is 11.5 Å². The summed E-state index contributed by atoms with van der Waals surface area (Å²) >= 11 is 0. The zero-order valence-corrected chi connectivity index (χ0v) is 16.0. The molecule has 3 rings (SSSR count). The number of amides is 1. The Bertz CT molecular complexity index is 1000. The Morgan fingerprint density at radius 3 is 2.57 bits per heavy atom. The van der Waals surface area contributed by atoms with Crippen molar-refractivity contribution in [2.75, 3.05) is 31.4 Å². The highest BCUT2D eigenvalue weighted by atomic mass is 32.2. The number of fused-ring (bicyclic) bond motifs is 1. The summed E-state index contributed by atoms with van der Waals surface area (Å²) in [5.74, 6) is -0.514. The van der Waals surface area contributed by atoms with Gasteiger partial charge in [0, 0.05) is 18.2 Å². The Morgan fingerprint density at radius 2 is 1.82 bits per heavy atom. The fourth-order valence-corrected chi connectivity index (χ4v) is 3.88. The predicted molar refractivity (Wildman–Crippen MR) is 101 cm³/mol. The SMILES string of the molecule is COC(=O)c1cccc(NC(=O)CCS(=O)(=O)c2ccc3c(c2)OCCO3)c1. The van der Waals surface area contributed by atoms with Gasteiger partial charge in [-0.3, -0.25) is 4.79 Å². The van der Waals surface area contributed by atoms with Crippen LogP contribution in [0.3, 0.4) is 0 Å². The number of ether oxygens (including phenoxy) is 3. The molecule has 8 nitrogen and oxygen atoms in total. The van der Waals surface area contributed by atoms with E-state index in [1.807, 2.05) is 0 Å². The van der Waals surface area contributed by atoms with Crippen molar-refractivity contribution >= 4 is 27.4 Å². The van der Waals surface area contributed by atoms with Crippen molar-refractivity contribution in [3.63, 3.8) is 0 Å². The van der Waals surface area contributed by atoms with Crippen LogP contribution >= 0.6 is 0 Å². The van der Waals surface area contributed by atoms with E-state index in [4.69, 9.17) is 9.47 Å². The molecule has 0 saturated carbocycles. The Labute approximate surface area is 162 Å². The first-order valence-corrected chi connectivity index (χ1v) is 10.1. The van der Waals surface area contributed by atoms with E-state index in [1.165, 1.54) is 25.3 Å². The number of anilines is 1. The monoisotopic (exact) mass is 405 g/mol. The second kappa shape index (κ2) is 8.30. The minimum atomic E-state index is -3.68. The number of methoxy groups -OCH3 is 1. The molecule has 1 amide bonds. The van der Waals surface area contributed by atoms with Crippen molar-refractivity contribution in [1.82, 2.24) is 0 Å². The van der Waals surface area contributed by atoms with Crippen LogP contribution < -0.4 is 14.8 Å². The van der Waals surface area contributed by atoms with Gasteiger partial charge in [-0.15, -0.1) is 0 Å². The number of nitrogens with one attached hydrogen (secondary N) is 1. The van der Waals surface area contributed by atoms with Crippen molar-refractivity contribution < 1.29 is 32.2 Å². The molecule has 9 heteroatoms. The molecule has 2 aromatic rings. The lowest BCUT2D eigenvalue weighted by atomic mass is 10.2.